The Labute approximate surface area is 84.5 Å². The summed E-state index contributed by atoms with van der Waals surface area (Å²) < 4.78 is 1.21. The number of halogens is 1. The lowest BCUT2D eigenvalue weighted by molar-refractivity contribution is 0.387. The first-order valence-corrected chi connectivity index (χ1v) is 5.96. The third kappa shape index (κ3) is 5.01. The molecule has 2 unspecified atom stereocenters. The molecular weight excluding hydrogens is 249 g/mol. The van der Waals surface area contributed by atoms with E-state index in [9.17, 15) is 0 Å². The van der Waals surface area contributed by atoms with Gasteiger partial charge in [0.2, 0.25) is 0 Å². The van der Waals surface area contributed by atoms with E-state index < -0.39 is 0 Å². The van der Waals surface area contributed by atoms with Gasteiger partial charge in [-0.25, -0.2) is 0 Å². The summed E-state index contributed by atoms with van der Waals surface area (Å²) in [4.78, 5) is 0. The molecule has 0 aliphatic carbocycles. The molecule has 0 radical (unpaired) electrons. The van der Waals surface area contributed by atoms with E-state index in [-0.39, 0.29) is 0 Å². The molecule has 2 atom stereocenters. The molecule has 0 aliphatic heterocycles. The minimum atomic E-state index is 0.664. The van der Waals surface area contributed by atoms with Crippen molar-refractivity contribution in [2.75, 3.05) is 4.43 Å². The summed E-state index contributed by atoms with van der Waals surface area (Å²) in [5.41, 5.74) is 0. The topological polar surface area (TPSA) is 12.0 Å². The van der Waals surface area contributed by atoms with E-state index >= 15 is 0 Å². The molecule has 0 saturated carbocycles. The molecule has 1 nitrogen and oxygen atoms in total. The summed E-state index contributed by atoms with van der Waals surface area (Å²) in [5, 5.41) is 3.61. The van der Waals surface area contributed by atoms with Crippen LogP contribution in [-0.4, -0.2) is 16.5 Å². The Hall–Kier alpha value is 0.690. The van der Waals surface area contributed by atoms with Gasteiger partial charge < -0.3 is 5.32 Å². The molecule has 0 rings (SSSR count). The Morgan fingerprint density at radius 3 is 2.09 bits per heavy atom. The Balaban J connectivity index is 3.68. The molecule has 2 heteroatoms. The normalized spacial score (nSPS) is 16.9. The van der Waals surface area contributed by atoms with Gasteiger partial charge in [-0.05, 0) is 19.3 Å². The standard InChI is InChI=1S/C9H20IN/c1-5-8(4)11-9(6-10)7(2)3/h7-9,11H,5-6H2,1-4H3. The van der Waals surface area contributed by atoms with E-state index in [1.807, 2.05) is 0 Å². The van der Waals surface area contributed by atoms with Crippen molar-refractivity contribution >= 4 is 22.6 Å². The summed E-state index contributed by atoms with van der Waals surface area (Å²) in [6, 6.07) is 1.35. The molecule has 0 saturated heterocycles. The van der Waals surface area contributed by atoms with Gasteiger partial charge in [-0.3, -0.25) is 0 Å². The number of nitrogens with one attached hydrogen (secondary N) is 1. The molecule has 68 valence electrons. The highest BCUT2D eigenvalue weighted by Gasteiger charge is 2.12. The average molecular weight is 269 g/mol. The lowest BCUT2D eigenvalue weighted by Gasteiger charge is -2.23. The predicted molar refractivity (Wildman–Crippen MR) is 60.4 cm³/mol. The van der Waals surface area contributed by atoms with Crippen LogP contribution >= 0.6 is 22.6 Å². The maximum atomic E-state index is 3.61. The molecule has 0 aromatic heterocycles. The van der Waals surface area contributed by atoms with Crippen molar-refractivity contribution in [3.05, 3.63) is 0 Å². The zero-order valence-corrected chi connectivity index (χ0v) is 10.2. The second-order valence-electron chi connectivity index (χ2n) is 3.48. The lowest BCUT2D eigenvalue weighted by Crippen LogP contribution is -2.40. The van der Waals surface area contributed by atoms with E-state index in [1.165, 1.54) is 10.8 Å². The van der Waals surface area contributed by atoms with Crippen molar-refractivity contribution in [1.29, 1.82) is 0 Å². The summed E-state index contributed by atoms with van der Waals surface area (Å²) in [6.45, 7) is 9.03. The van der Waals surface area contributed by atoms with Gasteiger partial charge in [-0.15, -0.1) is 0 Å². The molecule has 0 fully saturated rings. The number of rotatable bonds is 5. The molecule has 1 N–H and O–H groups in total. The highest BCUT2D eigenvalue weighted by molar-refractivity contribution is 14.1. The summed E-state index contributed by atoms with van der Waals surface area (Å²) in [7, 11) is 0. The number of alkyl halides is 1. The highest BCUT2D eigenvalue weighted by Crippen LogP contribution is 2.06. The van der Waals surface area contributed by atoms with Crippen LogP contribution in [0.2, 0.25) is 0 Å². The SMILES string of the molecule is CCC(C)NC(CI)C(C)C. The third-order valence-electron chi connectivity index (χ3n) is 2.08. The monoisotopic (exact) mass is 269 g/mol. The van der Waals surface area contributed by atoms with Crippen LogP contribution in [0, 0.1) is 5.92 Å². The van der Waals surface area contributed by atoms with Crippen LogP contribution in [0.5, 0.6) is 0 Å². The summed E-state index contributed by atoms with van der Waals surface area (Å²) >= 11 is 2.45. The zero-order valence-electron chi connectivity index (χ0n) is 8.02. The fourth-order valence-electron chi connectivity index (χ4n) is 0.898. The molecule has 0 aliphatic rings. The maximum absolute atomic E-state index is 3.61. The van der Waals surface area contributed by atoms with Crippen molar-refractivity contribution in [2.24, 2.45) is 5.92 Å². The van der Waals surface area contributed by atoms with Crippen LogP contribution in [0.3, 0.4) is 0 Å². The van der Waals surface area contributed by atoms with Crippen LogP contribution in [0.15, 0.2) is 0 Å². The maximum Gasteiger partial charge on any atom is 0.0182 e. The molecule has 0 amide bonds. The second kappa shape index (κ2) is 6.23. The van der Waals surface area contributed by atoms with Crippen molar-refractivity contribution in [3.8, 4) is 0 Å². The fraction of sp³-hybridized carbons (Fsp3) is 1.00. The third-order valence-corrected chi connectivity index (χ3v) is 3.03. The van der Waals surface area contributed by atoms with Gasteiger partial charge in [-0.1, -0.05) is 43.4 Å². The Morgan fingerprint density at radius 2 is 1.82 bits per heavy atom. The van der Waals surface area contributed by atoms with Crippen LogP contribution in [-0.2, 0) is 0 Å². The zero-order chi connectivity index (χ0) is 8.85. The van der Waals surface area contributed by atoms with Gasteiger partial charge >= 0.3 is 0 Å². The molecule has 0 spiro atoms. The van der Waals surface area contributed by atoms with E-state index in [0.29, 0.717) is 12.1 Å². The van der Waals surface area contributed by atoms with Gasteiger partial charge in [0, 0.05) is 16.5 Å². The molecule has 0 heterocycles. The van der Waals surface area contributed by atoms with Crippen LogP contribution in [0.4, 0.5) is 0 Å². The molecule has 11 heavy (non-hydrogen) atoms. The van der Waals surface area contributed by atoms with E-state index in [0.717, 1.165) is 5.92 Å². The number of hydrogen-bond donors (Lipinski definition) is 1. The van der Waals surface area contributed by atoms with Crippen molar-refractivity contribution < 1.29 is 0 Å². The van der Waals surface area contributed by atoms with E-state index in [4.69, 9.17) is 0 Å². The van der Waals surface area contributed by atoms with Gasteiger partial charge in [0.15, 0.2) is 0 Å². The molecule has 0 bridgehead atoms. The first-order valence-electron chi connectivity index (χ1n) is 4.43. The molecule has 0 aromatic carbocycles. The Kier molecular flexibility index (Phi) is 6.62. The first-order chi connectivity index (χ1) is 5.11. The first kappa shape index (κ1) is 11.7. The highest BCUT2D eigenvalue weighted by atomic mass is 127. The Morgan fingerprint density at radius 1 is 1.27 bits per heavy atom. The Bertz CT molecular complexity index is 93.6. The quantitative estimate of drug-likeness (QED) is 0.597. The lowest BCUT2D eigenvalue weighted by atomic mass is 10.1. The summed E-state index contributed by atoms with van der Waals surface area (Å²) in [5.74, 6) is 0.751. The van der Waals surface area contributed by atoms with Crippen LogP contribution < -0.4 is 5.32 Å². The summed E-state index contributed by atoms with van der Waals surface area (Å²) in [6.07, 6.45) is 1.22. The van der Waals surface area contributed by atoms with Crippen molar-refractivity contribution in [2.45, 2.75) is 46.2 Å². The van der Waals surface area contributed by atoms with Gasteiger partial charge in [0.25, 0.3) is 0 Å². The fourth-order valence-corrected chi connectivity index (χ4v) is 2.17. The smallest absolute Gasteiger partial charge is 0.0182 e. The minimum Gasteiger partial charge on any atom is -0.310 e. The largest absolute Gasteiger partial charge is 0.310 e. The van der Waals surface area contributed by atoms with Crippen LogP contribution in [0.1, 0.15) is 34.1 Å². The molecular formula is C9H20IN. The van der Waals surface area contributed by atoms with Gasteiger partial charge in [0.05, 0.1) is 0 Å². The van der Waals surface area contributed by atoms with E-state index in [1.54, 1.807) is 0 Å². The van der Waals surface area contributed by atoms with Crippen molar-refractivity contribution in [1.82, 2.24) is 5.32 Å². The average Bonchev–Trinajstić information content (AvgIpc) is 1.99. The number of hydrogen-bond acceptors (Lipinski definition) is 1. The minimum absolute atomic E-state index is 0.664. The van der Waals surface area contributed by atoms with Gasteiger partial charge in [-0.2, -0.15) is 0 Å². The van der Waals surface area contributed by atoms with E-state index in [2.05, 4.69) is 55.6 Å². The van der Waals surface area contributed by atoms with Gasteiger partial charge in [0.1, 0.15) is 0 Å². The van der Waals surface area contributed by atoms with Crippen molar-refractivity contribution in [3.63, 3.8) is 0 Å². The van der Waals surface area contributed by atoms with Crippen LogP contribution in [0.25, 0.3) is 0 Å². The predicted octanol–water partition coefficient (Wildman–Crippen LogP) is 2.83. The second-order valence-corrected chi connectivity index (χ2v) is 4.36. The molecule has 0 aromatic rings.